The average molecular weight is 793 g/mol. The number of ether oxygens (including phenoxy) is 2. The van der Waals surface area contributed by atoms with E-state index in [4.69, 9.17) is 26.8 Å². The van der Waals surface area contributed by atoms with E-state index in [1.54, 1.807) is 0 Å². The van der Waals surface area contributed by atoms with Crippen LogP contribution in [-0.4, -0.2) is 84.6 Å². The van der Waals surface area contributed by atoms with Crippen molar-refractivity contribution in [3.05, 3.63) is 128 Å². The summed E-state index contributed by atoms with van der Waals surface area (Å²) in [5, 5.41) is 27.6. The minimum atomic E-state index is -0.995. The third kappa shape index (κ3) is 8.93. The topological polar surface area (TPSA) is 103 Å². The van der Waals surface area contributed by atoms with E-state index in [0.29, 0.717) is 42.7 Å². The number of piperidine rings is 2. The van der Waals surface area contributed by atoms with Gasteiger partial charge in [0.15, 0.2) is 5.72 Å². The fraction of sp³-hybridized carbons (Fsp3) is 0.500. The van der Waals surface area contributed by atoms with Crippen LogP contribution in [0, 0.1) is 25.7 Å². The SMILES string of the molecule is Cc1ccc2c(c1O)C[C@@H](C1CCN(CCc3cccc(Cl)c3)CC1)O[C@H]2CNC1(CN)OC(C2CCN(CCc3ccccc3)CC2)Cc2c1ccc(C)c2O. The summed E-state index contributed by atoms with van der Waals surface area (Å²) in [4.78, 5) is 5.13. The first-order chi connectivity index (χ1) is 27.7. The summed E-state index contributed by atoms with van der Waals surface area (Å²) in [5.74, 6) is 1.47. The van der Waals surface area contributed by atoms with E-state index in [9.17, 15) is 10.2 Å². The zero-order chi connectivity index (χ0) is 39.5. The number of aromatic hydroxyl groups is 2. The number of aryl methyl sites for hydroxylation is 2. The van der Waals surface area contributed by atoms with Crippen LogP contribution in [0.4, 0.5) is 0 Å². The molecule has 0 amide bonds. The lowest BCUT2D eigenvalue weighted by Gasteiger charge is -2.47. The molecule has 4 aromatic carbocycles. The first kappa shape index (κ1) is 40.3. The molecule has 8 rings (SSSR count). The molecule has 0 aliphatic carbocycles. The van der Waals surface area contributed by atoms with E-state index in [1.807, 2.05) is 38.1 Å². The lowest BCUT2D eigenvalue weighted by molar-refractivity contribution is -0.158. The number of nitrogens with two attached hydrogens (primary N) is 1. The Morgan fingerprint density at radius 3 is 2.00 bits per heavy atom. The summed E-state index contributed by atoms with van der Waals surface area (Å²) >= 11 is 6.25. The molecule has 2 unspecified atom stereocenters. The van der Waals surface area contributed by atoms with Gasteiger partial charge in [-0.05, 0) is 130 Å². The van der Waals surface area contributed by atoms with Crippen molar-refractivity contribution in [2.45, 2.75) is 89.3 Å². The number of likely N-dealkylation sites (tertiary alicyclic amines) is 2. The van der Waals surface area contributed by atoms with Gasteiger partial charge in [0.05, 0.1) is 18.3 Å². The van der Waals surface area contributed by atoms with Crippen LogP contribution in [0.3, 0.4) is 0 Å². The van der Waals surface area contributed by atoms with Crippen molar-refractivity contribution in [2.24, 2.45) is 17.6 Å². The highest BCUT2D eigenvalue weighted by atomic mass is 35.5. The Labute approximate surface area is 344 Å². The van der Waals surface area contributed by atoms with E-state index in [1.165, 1.54) is 11.1 Å². The van der Waals surface area contributed by atoms with Crippen LogP contribution >= 0.6 is 11.6 Å². The molecule has 0 aromatic heterocycles. The van der Waals surface area contributed by atoms with Crippen molar-refractivity contribution >= 4 is 11.6 Å². The molecule has 304 valence electrons. The fourth-order valence-electron chi connectivity index (χ4n) is 10.1. The van der Waals surface area contributed by atoms with Crippen molar-refractivity contribution in [2.75, 3.05) is 52.4 Å². The molecule has 8 nitrogen and oxygen atoms in total. The van der Waals surface area contributed by atoms with E-state index >= 15 is 0 Å². The lowest BCUT2D eigenvalue weighted by Crippen LogP contribution is -2.58. The Balaban J connectivity index is 0.966. The van der Waals surface area contributed by atoms with Crippen LogP contribution in [0.25, 0.3) is 0 Å². The van der Waals surface area contributed by atoms with Gasteiger partial charge in [-0.2, -0.15) is 0 Å². The minimum Gasteiger partial charge on any atom is -0.507 e. The predicted molar refractivity (Wildman–Crippen MR) is 228 cm³/mol. The van der Waals surface area contributed by atoms with Gasteiger partial charge in [0, 0.05) is 60.7 Å². The van der Waals surface area contributed by atoms with E-state index < -0.39 is 5.72 Å². The van der Waals surface area contributed by atoms with Crippen LogP contribution < -0.4 is 11.1 Å². The maximum atomic E-state index is 11.5. The van der Waals surface area contributed by atoms with Crippen molar-refractivity contribution in [1.29, 1.82) is 0 Å². The van der Waals surface area contributed by atoms with Crippen LogP contribution in [0.5, 0.6) is 11.5 Å². The summed E-state index contributed by atoms with van der Waals surface area (Å²) in [6.07, 6.45) is 7.21. The molecule has 4 heterocycles. The summed E-state index contributed by atoms with van der Waals surface area (Å²) in [5.41, 5.74) is 14.0. The molecule has 2 fully saturated rings. The van der Waals surface area contributed by atoms with Crippen molar-refractivity contribution < 1.29 is 19.7 Å². The number of phenols is 2. The molecule has 2 saturated heterocycles. The zero-order valence-corrected chi connectivity index (χ0v) is 34.5. The minimum absolute atomic E-state index is 0.00742. The highest BCUT2D eigenvalue weighted by molar-refractivity contribution is 6.30. The Morgan fingerprint density at radius 2 is 1.33 bits per heavy atom. The van der Waals surface area contributed by atoms with Crippen LogP contribution in [0.15, 0.2) is 78.9 Å². The summed E-state index contributed by atoms with van der Waals surface area (Å²) in [7, 11) is 0. The lowest BCUT2D eigenvalue weighted by atomic mass is 9.80. The monoisotopic (exact) mass is 792 g/mol. The maximum Gasteiger partial charge on any atom is 0.158 e. The fourth-order valence-corrected chi connectivity index (χ4v) is 10.3. The molecule has 4 aliphatic heterocycles. The molecule has 4 atom stereocenters. The van der Waals surface area contributed by atoms with E-state index in [-0.39, 0.29) is 24.9 Å². The molecule has 0 bridgehead atoms. The van der Waals surface area contributed by atoms with Gasteiger partial charge in [0.25, 0.3) is 0 Å². The van der Waals surface area contributed by atoms with E-state index in [0.717, 1.165) is 116 Å². The molecule has 5 N–H and O–H groups in total. The van der Waals surface area contributed by atoms with Gasteiger partial charge in [-0.3, -0.25) is 5.32 Å². The molecule has 57 heavy (non-hydrogen) atoms. The van der Waals surface area contributed by atoms with Crippen molar-refractivity contribution in [3.8, 4) is 11.5 Å². The number of hydrogen-bond acceptors (Lipinski definition) is 8. The second-order valence-electron chi connectivity index (χ2n) is 17.2. The standard InChI is InChI=1S/C48H61ClN4O4/c1-32-11-13-39-40(46(32)54)28-43(36-17-23-53(24-18-36)22-16-35-9-6-10-38(49)27-35)56-45(39)30-51-48(31-50)42-14-12-33(2)47(55)41(42)29-44(57-48)37-19-25-52(26-20-37)21-15-34-7-4-3-5-8-34/h3-14,27,36-37,43-45,51,54-55H,15-26,28-31,50H2,1-2H3/t43-,44?,45-,48?/m0/s1. The van der Waals surface area contributed by atoms with Crippen LogP contribution in [0.1, 0.15) is 76.3 Å². The average Bonchev–Trinajstić information content (AvgIpc) is 3.24. The number of nitrogens with one attached hydrogen (secondary N) is 1. The van der Waals surface area contributed by atoms with Gasteiger partial charge in [0.2, 0.25) is 0 Å². The highest BCUT2D eigenvalue weighted by Gasteiger charge is 2.46. The maximum absolute atomic E-state index is 11.5. The first-order valence-corrected chi connectivity index (χ1v) is 21.7. The second kappa shape index (κ2) is 17.8. The first-order valence-electron chi connectivity index (χ1n) is 21.3. The van der Waals surface area contributed by atoms with Crippen molar-refractivity contribution in [3.63, 3.8) is 0 Å². The Bertz CT molecular complexity index is 1980. The largest absolute Gasteiger partial charge is 0.507 e. The highest BCUT2D eigenvalue weighted by Crippen LogP contribution is 2.45. The van der Waals surface area contributed by atoms with Gasteiger partial charge in [-0.15, -0.1) is 0 Å². The van der Waals surface area contributed by atoms with Crippen molar-refractivity contribution in [1.82, 2.24) is 15.1 Å². The summed E-state index contributed by atoms with van der Waals surface area (Å²) in [6.45, 7) is 10.8. The van der Waals surface area contributed by atoms with Crippen LogP contribution in [0.2, 0.25) is 5.02 Å². The third-order valence-corrected chi connectivity index (χ3v) is 13.9. The molecule has 4 aliphatic rings. The summed E-state index contributed by atoms with van der Waals surface area (Å²) in [6, 6.07) is 27.1. The molecule has 0 radical (unpaired) electrons. The molecule has 0 spiro atoms. The number of phenolic OH excluding ortho intramolecular Hbond substituents is 2. The third-order valence-electron chi connectivity index (χ3n) is 13.6. The van der Waals surface area contributed by atoms with Gasteiger partial charge >= 0.3 is 0 Å². The Kier molecular flexibility index (Phi) is 12.6. The van der Waals surface area contributed by atoms with Crippen LogP contribution in [-0.2, 0) is 40.9 Å². The normalized spacial score (nSPS) is 24.9. The molecule has 4 aromatic rings. The predicted octanol–water partition coefficient (Wildman–Crippen LogP) is 7.60. The molecular formula is C48H61ClN4O4. The number of hydrogen-bond donors (Lipinski definition) is 4. The smallest absolute Gasteiger partial charge is 0.158 e. The van der Waals surface area contributed by atoms with Gasteiger partial charge in [-0.1, -0.05) is 78.3 Å². The molecular weight excluding hydrogens is 732 g/mol. The van der Waals surface area contributed by atoms with E-state index in [2.05, 4.69) is 69.7 Å². The quantitative estimate of drug-likeness (QED) is 0.116. The summed E-state index contributed by atoms with van der Waals surface area (Å²) < 4.78 is 14.3. The Morgan fingerprint density at radius 1 is 0.737 bits per heavy atom. The number of benzene rings is 4. The zero-order valence-electron chi connectivity index (χ0n) is 33.8. The van der Waals surface area contributed by atoms with Gasteiger partial charge in [0.1, 0.15) is 11.5 Å². The number of fused-ring (bicyclic) bond motifs is 2. The molecule has 9 heteroatoms. The van der Waals surface area contributed by atoms with Gasteiger partial charge < -0.3 is 35.2 Å². The van der Waals surface area contributed by atoms with Gasteiger partial charge in [-0.25, -0.2) is 0 Å². The Hall–Kier alpha value is -3.47. The number of rotatable bonds is 12. The number of nitrogens with zero attached hydrogens (tertiary/aromatic N) is 2. The second-order valence-corrected chi connectivity index (χ2v) is 17.6. The number of halogens is 1. The molecule has 0 saturated carbocycles.